The molecule has 0 spiro atoms. The third-order valence-electron chi connectivity index (χ3n) is 2.73. The second-order valence-electron chi connectivity index (χ2n) is 4.20. The second kappa shape index (κ2) is 6.44. The minimum Gasteiger partial charge on any atom is -0.454 e. The zero-order chi connectivity index (χ0) is 15.2. The van der Waals surface area contributed by atoms with Gasteiger partial charge in [-0.15, -0.1) is 0 Å². The average Bonchev–Trinajstić information content (AvgIpc) is 2.52. The third-order valence-corrected chi connectivity index (χ3v) is 2.73. The SMILES string of the molecule is N#Cc1ccc(C(=O)OCC(=O)c2cccc(F)c2)cc1. The Morgan fingerprint density at radius 1 is 1.10 bits per heavy atom. The van der Waals surface area contributed by atoms with E-state index in [1.165, 1.54) is 42.5 Å². The van der Waals surface area contributed by atoms with Gasteiger partial charge < -0.3 is 4.74 Å². The van der Waals surface area contributed by atoms with Crippen molar-refractivity contribution in [3.63, 3.8) is 0 Å². The minimum absolute atomic E-state index is 0.141. The van der Waals surface area contributed by atoms with Crippen molar-refractivity contribution in [2.24, 2.45) is 0 Å². The first-order valence-corrected chi connectivity index (χ1v) is 6.06. The fraction of sp³-hybridized carbons (Fsp3) is 0.0625. The van der Waals surface area contributed by atoms with Crippen LogP contribution in [0, 0.1) is 17.1 Å². The lowest BCUT2D eigenvalue weighted by molar-refractivity contribution is 0.0474. The zero-order valence-corrected chi connectivity index (χ0v) is 10.9. The number of benzene rings is 2. The molecule has 0 fully saturated rings. The number of ketones is 1. The molecule has 5 heteroatoms. The van der Waals surface area contributed by atoms with Crippen LogP contribution in [0.15, 0.2) is 48.5 Å². The summed E-state index contributed by atoms with van der Waals surface area (Å²) < 4.78 is 17.8. The summed E-state index contributed by atoms with van der Waals surface area (Å²) in [6.07, 6.45) is 0. The lowest BCUT2D eigenvalue weighted by Crippen LogP contribution is -2.14. The van der Waals surface area contributed by atoms with Gasteiger partial charge in [0.25, 0.3) is 0 Å². The first kappa shape index (κ1) is 14.4. The summed E-state index contributed by atoms with van der Waals surface area (Å²) in [7, 11) is 0. The van der Waals surface area contributed by atoms with Gasteiger partial charge in [-0.3, -0.25) is 4.79 Å². The minimum atomic E-state index is -0.677. The van der Waals surface area contributed by atoms with Crippen LogP contribution in [-0.2, 0) is 4.74 Å². The number of halogens is 1. The van der Waals surface area contributed by atoms with Crippen molar-refractivity contribution in [3.8, 4) is 6.07 Å². The Bertz CT molecular complexity index is 717. The molecule has 4 nitrogen and oxygen atoms in total. The Hall–Kier alpha value is -3.00. The maximum absolute atomic E-state index is 13.0. The van der Waals surface area contributed by atoms with Crippen LogP contribution in [0.25, 0.3) is 0 Å². The number of Topliss-reactive ketones (excluding diaryl/α,β-unsaturated/α-hetero) is 1. The summed E-state index contributed by atoms with van der Waals surface area (Å²) in [5.41, 5.74) is 0.797. The Kier molecular flexibility index (Phi) is 4.42. The van der Waals surface area contributed by atoms with Crippen molar-refractivity contribution in [1.82, 2.24) is 0 Å². The van der Waals surface area contributed by atoms with Crippen molar-refractivity contribution in [3.05, 3.63) is 71.0 Å². The van der Waals surface area contributed by atoms with Crippen LogP contribution in [-0.4, -0.2) is 18.4 Å². The zero-order valence-electron chi connectivity index (χ0n) is 10.9. The van der Waals surface area contributed by atoms with Gasteiger partial charge in [-0.05, 0) is 36.4 Å². The van der Waals surface area contributed by atoms with Crippen LogP contribution in [0.5, 0.6) is 0 Å². The highest BCUT2D eigenvalue weighted by Gasteiger charge is 2.12. The van der Waals surface area contributed by atoms with Gasteiger partial charge in [0.05, 0.1) is 17.2 Å². The van der Waals surface area contributed by atoms with Gasteiger partial charge in [0, 0.05) is 5.56 Å². The number of hydrogen-bond acceptors (Lipinski definition) is 4. The molecule has 2 aromatic carbocycles. The fourth-order valence-electron chi connectivity index (χ4n) is 1.64. The van der Waals surface area contributed by atoms with Gasteiger partial charge in [-0.2, -0.15) is 5.26 Å². The molecule has 0 aliphatic rings. The molecule has 0 saturated carbocycles. The molecule has 2 aromatic rings. The highest BCUT2D eigenvalue weighted by Crippen LogP contribution is 2.07. The molecule has 0 atom stereocenters. The van der Waals surface area contributed by atoms with Gasteiger partial charge in [-0.25, -0.2) is 9.18 Å². The molecule has 0 heterocycles. The third kappa shape index (κ3) is 3.74. The van der Waals surface area contributed by atoms with Crippen LogP contribution in [0.1, 0.15) is 26.3 Å². The summed E-state index contributed by atoms with van der Waals surface area (Å²) >= 11 is 0. The molecule has 0 bridgehead atoms. The average molecular weight is 283 g/mol. The Labute approximate surface area is 120 Å². The van der Waals surface area contributed by atoms with Gasteiger partial charge in [0.2, 0.25) is 0 Å². The lowest BCUT2D eigenvalue weighted by atomic mass is 10.1. The Balaban J connectivity index is 1.97. The maximum Gasteiger partial charge on any atom is 0.338 e. The molecule has 0 amide bonds. The van der Waals surface area contributed by atoms with E-state index in [0.717, 1.165) is 6.07 Å². The Morgan fingerprint density at radius 2 is 1.81 bits per heavy atom. The highest BCUT2D eigenvalue weighted by atomic mass is 19.1. The molecule has 0 radical (unpaired) electrons. The molecule has 0 N–H and O–H groups in total. The molecule has 0 unspecified atom stereocenters. The number of rotatable bonds is 4. The van der Waals surface area contributed by atoms with E-state index in [2.05, 4.69) is 0 Å². The van der Waals surface area contributed by atoms with Gasteiger partial charge in [-0.1, -0.05) is 12.1 Å². The normalized spacial score (nSPS) is 9.71. The molecule has 2 rings (SSSR count). The van der Waals surface area contributed by atoms with E-state index in [4.69, 9.17) is 10.00 Å². The van der Waals surface area contributed by atoms with E-state index in [9.17, 15) is 14.0 Å². The topological polar surface area (TPSA) is 67.2 Å². The number of ether oxygens (including phenoxy) is 1. The number of nitriles is 1. The number of esters is 1. The largest absolute Gasteiger partial charge is 0.454 e. The molecule has 0 aliphatic carbocycles. The van der Waals surface area contributed by atoms with Gasteiger partial charge in [0.1, 0.15) is 5.82 Å². The van der Waals surface area contributed by atoms with Crippen LogP contribution in [0.3, 0.4) is 0 Å². The van der Waals surface area contributed by atoms with Crippen LogP contribution in [0.4, 0.5) is 4.39 Å². The second-order valence-corrected chi connectivity index (χ2v) is 4.20. The van der Waals surface area contributed by atoms with Gasteiger partial charge in [0.15, 0.2) is 12.4 Å². The van der Waals surface area contributed by atoms with E-state index in [1.807, 2.05) is 6.07 Å². The first-order valence-electron chi connectivity index (χ1n) is 6.06. The number of carbonyl (C=O) groups is 2. The summed E-state index contributed by atoms with van der Waals surface area (Å²) in [6.45, 7) is -0.470. The number of nitrogens with zero attached hydrogens (tertiary/aromatic N) is 1. The molecular weight excluding hydrogens is 273 g/mol. The van der Waals surface area contributed by atoms with Crippen molar-refractivity contribution in [2.45, 2.75) is 0 Å². The predicted molar refractivity (Wildman–Crippen MR) is 72.2 cm³/mol. The predicted octanol–water partition coefficient (Wildman–Crippen LogP) is 2.74. The smallest absolute Gasteiger partial charge is 0.338 e. The molecule has 21 heavy (non-hydrogen) atoms. The van der Waals surface area contributed by atoms with E-state index < -0.39 is 24.2 Å². The lowest BCUT2D eigenvalue weighted by Gasteiger charge is -2.04. The molecule has 104 valence electrons. The summed E-state index contributed by atoms with van der Waals surface area (Å²) in [5.74, 6) is -1.69. The van der Waals surface area contributed by atoms with E-state index >= 15 is 0 Å². The van der Waals surface area contributed by atoms with E-state index in [-0.39, 0.29) is 11.1 Å². The molecule has 0 aliphatic heterocycles. The maximum atomic E-state index is 13.0. The van der Waals surface area contributed by atoms with E-state index in [1.54, 1.807) is 0 Å². The summed E-state index contributed by atoms with van der Waals surface area (Å²) in [5, 5.41) is 8.65. The van der Waals surface area contributed by atoms with Crippen molar-refractivity contribution >= 4 is 11.8 Å². The van der Waals surface area contributed by atoms with Gasteiger partial charge >= 0.3 is 5.97 Å². The number of hydrogen-bond donors (Lipinski definition) is 0. The molecule has 0 aromatic heterocycles. The Morgan fingerprint density at radius 3 is 2.43 bits per heavy atom. The molecule has 0 saturated heterocycles. The fourth-order valence-corrected chi connectivity index (χ4v) is 1.64. The standard InChI is InChI=1S/C16H10FNO3/c17-14-3-1-2-13(8-14)15(19)10-21-16(20)12-6-4-11(9-18)5-7-12/h1-8H,10H2. The van der Waals surface area contributed by atoms with Crippen LogP contribution in [0.2, 0.25) is 0 Å². The first-order chi connectivity index (χ1) is 10.1. The molecular formula is C16H10FNO3. The summed E-state index contributed by atoms with van der Waals surface area (Å²) in [6, 6.07) is 12.9. The summed E-state index contributed by atoms with van der Waals surface area (Å²) in [4.78, 5) is 23.5. The van der Waals surface area contributed by atoms with Crippen molar-refractivity contribution < 1.29 is 18.7 Å². The monoisotopic (exact) mass is 283 g/mol. The van der Waals surface area contributed by atoms with Crippen molar-refractivity contribution in [2.75, 3.05) is 6.61 Å². The van der Waals surface area contributed by atoms with E-state index in [0.29, 0.717) is 5.56 Å². The van der Waals surface area contributed by atoms with Crippen LogP contribution < -0.4 is 0 Å². The highest BCUT2D eigenvalue weighted by molar-refractivity contribution is 5.99. The van der Waals surface area contributed by atoms with Crippen LogP contribution >= 0.6 is 0 Å². The number of carbonyl (C=O) groups excluding carboxylic acids is 2. The van der Waals surface area contributed by atoms with Crippen molar-refractivity contribution in [1.29, 1.82) is 5.26 Å². The quantitative estimate of drug-likeness (QED) is 0.639.